The minimum absolute atomic E-state index is 0.285. The van der Waals surface area contributed by atoms with E-state index < -0.39 is 0 Å². The van der Waals surface area contributed by atoms with Crippen molar-refractivity contribution < 1.29 is 0 Å². The molecule has 0 aromatic carbocycles. The van der Waals surface area contributed by atoms with Gasteiger partial charge in [-0.2, -0.15) is 0 Å². The smallest absolute Gasteiger partial charge is 0.0753 e. The van der Waals surface area contributed by atoms with Crippen molar-refractivity contribution in [3.63, 3.8) is 0 Å². The molecule has 1 aromatic heterocycles. The SMILES string of the molecule is CC(NCCCN1CCCCC1C)c1cnccn1. The third-order valence-electron chi connectivity index (χ3n) is 4.04. The molecular formula is C15H26N4. The Hall–Kier alpha value is -1.00. The predicted molar refractivity (Wildman–Crippen MR) is 78.0 cm³/mol. The molecule has 2 heterocycles. The maximum atomic E-state index is 4.32. The van der Waals surface area contributed by atoms with Crippen LogP contribution in [0.1, 0.15) is 51.3 Å². The van der Waals surface area contributed by atoms with Gasteiger partial charge in [-0.05, 0) is 52.7 Å². The normalized spacial score (nSPS) is 22.3. The van der Waals surface area contributed by atoms with E-state index in [4.69, 9.17) is 0 Å². The van der Waals surface area contributed by atoms with Crippen molar-refractivity contribution in [1.29, 1.82) is 0 Å². The highest BCUT2D eigenvalue weighted by Gasteiger charge is 2.17. The fourth-order valence-electron chi connectivity index (χ4n) is 2.73. The summed E-state index contributed by atoms with van der Waals surface area (Å²) in [7, 11) is 0. The molecule has 0 spiro atoms. The average Bonchev–Trinajstić information content (AvgIpc) is 2.46. The first-order valence-corrected chi connectivity index (χ1v) is 7.50. The third-order valence-corrected chi connectivity index (χ3v) is 4.04. The molecule has 19 heavy (non-hydrogen) atoms. The van der Waals surface area contributed by atoms with Crippen LogP contribution >= 0.6 is 0 Å². The van der Waals surface area contributed by atoms with E-state index in [9.17, 15) is 0 Å². The van der Waals surface area contributed by atoms with Gasteiger partial charge in [-0.25, -0.2) is 0 Å². The Labute approximate surface area is 116 Å². The van der Waals surface area contributed by atoms with Crippen molar-refractivity contribution >= 4 is 0 Å². The molecule has 4 nitrogen and oxygen atoms in total. The summed E-state index contributed by atoms with van der Waals surface area (Å²) >= 11 is 0. The van der Waals surface area contributed by atoms with Crippen LogP contribution in [-0.4, -0.2) is 40.5 Å². The highest BCUT2D eigenvalue weighted by atomic mass is 15.2. The number of piperidine rings is 1. The van der Waals surface area contributed by atoms with E-state index in [0.717, 1.165) is 18.3 Å². The van der Waals surface area contributed by atoms with Crippen LogP contribution in [0.15, 0.2) is 18.6 Å². The summed E-state index contributed by atoms with van der Waals surface area (Å²) in [6, 6.07) is 1.05. The van der Waals surface area contributed by atoms with Crippen LogP contribution < -0.4 is 5.32 Å². The van der Waals surface area contributed by atoms with Gasteiger partial charge in [0.05, 0.1) is 5.69 Å². The van der Waals surface area contributed by atoms with Gasteiger partial charge in [-0.3, -0.25) is 9.97 Å². The third kappa shape index (κ3) is 4.55. The zero-order valence-corrected chi connectivity index (χ0v) is 12.2. The number of rotatable bonds is 6. The van der Waals surface area contributed by atoms with Crippen molar-refractivity contribution in [2.45, 2.75) is 51.6 Å². The van der Waals surface area contributed by atoms with E-state index in [1.165, 1.54) is 38.8 Å². The predicted octanol–water partition coefficient (Wildman–Crippen LogP) is 2.39. The molecule has 0 saturated carbocycles. The largest absolute Gasteiger partial charge is 0.309 e. The average molecular weight is 262 g/mol. The van der Waals surface area contributed by atoms with E-state index in [0.29, 0.717) is 0 Å². The minimum Gasteiger partial charge on any atom is -0.309 e. The van der Waals surface area contributed by atoms with Gasteiger partial charge in [-0.1, -0.05) is 6.42 Å². The molecule has 4 heteroatoms. The Balaban J connectivity index is 1.64. The Morgan fingerprint density at radius 1 is 1.42 bits per heavy atom. The fourth-order valence-corrected chi connectivity index (χ4v) is 2.73. The van der Waals surface area contributed by atoms with Gasteiger partial charge in [0.15, 0.2) is 0 Å². The molecule has 106 valence electrons. The second-order valence-electron chi connectivity index (χ2n) is 5.54. The van der Waals surface area contributed by atoms with Gasteiger partial charge in [0, 0.05) is 30.7 Å². The van der Waals surface area contributed by atoms with Crippen LogP contribution in [-0.2, 0) is 0 Å². The molecule has 1 aromatic rings. The maximum Gasteiger partial charge on any atom is 0.0753 e. The zero-order chi connectivity index (χ0) is 13.5. The summed E-state index contributed by atoms with van der Waals surface area (Å²) in [6.45, 7) is 8.03. The molecule has 1 aliphatic heterocycles. The summed E-state index contributed by atoms with van der Waals surface area (Å²) in [5, 5.41) is 3.52. The van der Waals surface area contributed by atoms with Crippen molar-refractivity contribution in [2.75, 3.05) is 19.6 Å². The lowest BCUT2D eigenvalue weighted by molar-refractivity contribution is 0.158. The maximum absolute atomic E-state index is 4.32. The van der Waals surface area contributed by atoms with Gasteiger partial charge in [-0.15, -0.1) is 0 Å². The Kier molecular flexibility index (Phi) is 5.73. The van der Waals surface area contributed by atoms with Crippen molar-refractivity contribution in [2.24, 2.45) is 0 Å². The van der Waals surface area contributed by atoms with Crippen LogP contribution in [0.5, 0.6) is 0 Å². The fraction of sp³-hybridized carbons (Fsp3) is 0.733. The molecule has 0 radical (unpaired) electrons. The highest BCUT2D eigenvalue weighted by Crippen LogP contribution is 2.16. The lowest BCUT2D eigenvalue weighted by Gasteiger charge is -2.33. The summed E-state index contributed by atoms with van der Waals surface area (Å²) < 4.78 is 0. The molecular weight excluding hydrogens is 236 g/mol. The van der Waals surface area contributed by atoms with E-state index >= 15 is 0 Å². The number of nitrogens with one attached hydrogen (secondary N) is 1. The van der Waals surface area contributed by atoms with E-state index in [2.05, 4.69) is 34.0 Å². The van der Waals surface area contributed by atoms with Crippen LogP contribution in [0.4, 0.5) is 0 Å². The second-order valence-corrected chi connectivity index (χ2v) is 5.54. The van der Waals surface area contributed by atoms with E-state index in [-0.39, 0.29) is 6.04 Å². The van der Waals surface area contributed by atoms with Crippen molar-refractivity contribution in [3.8, 4) is 0 Å². The molecule has 1 fully saturated rings. The highest BCUT2D eigenvalue weighted by molar-refractivity contribution is 5.00. The van der Waals surface area contributed by atoms with Gasteiger partial charge in [0.25, 0.3) is 0 Å². The molecule has 1 N–H and O–H groups in total. The number of hydrogen-bond donors (Lipinski definition) is 1. The summed E-state index contributed by atoms with van der Waals surface area (Å²) in [6.07, 6.45) is 10.6. The number of likely N-dealkylation sites (tertiary alicyclic amines) is 1. The summed E-state index contributed by atoms with van der Waals surface area (Å²) in [5.41, 5.74) is 1.02. The molecule has 2 atom stereocenters. The topological polar surface area (TPSA) is 41.0 Å². The second kappa shape index (κ2) is 7.56. The molecule has 1 aliphatic rings. The summed E-state index contributed by atoms with van der Waals surface area (Å²) in [4.78, 5) is 11.1. The first-order chi connectivity index (χ1) is 9.27. The van der Waals surface area contributed by atoms with Gasteiger partial charge < -0.3 is 10.2 Å². The van der Waals surface area contributed by atoms with Crippen LogP contribution in [0.3, 0.4) is 0 Å². The van der Waals surface area contributed by atoms with Gasteiger partial charge in [0.1, 0.15) is 0 Å². The van der Waals surface area contributed by atoms with Crippen LogP contribution in [0.2, 0.25) is 0 Å². The standard InChI is InChI=1S/C15H26N4/c1-13-6-3-4-10-19(13)11-5-7-17-14(2)15-12-16-8-9-18-15/h8-9,12-14,17H,3-7,10-11H2,1-2H3. The van der Waals surface area contributed by atoms with E-state index in [1.54, 1.807) is 12.4 Å². The number of aromatic nitrogens is 2. The Morgan fingerprint density at radius 2 is 2.32 bits per heavy atom. The Morgan fingerprint density at radius 3 is 3.05 bits per heavy atom. The molecule has 0 bridgehead atoms. The van der Waals surface area contributed by atoms with Crippen molar-refractivity contribution in [3.05, 3.63) is 24.3 Å². The Bertz CT molecular complexity index is 354. The lowest BCUT2D eigenvalue weighted by Crippen LogP contribution is -2.39. The molecule has 0 amide bonds. The molecule has 0 aliphatic carbocycles. The quantitative estimate of drug-likeness (QED) is 0.799. The van der Waals surface area contributed by atoms with Crippen molar-refractivity contribution in [1.82, 2.24) is 20.2 Å². The number of hydrogen-bond acceptors (Lipinski definition) is 4. The number of nitrogens with zero attached hydrogens (tertiary/aromatic N) is 3. The van der Waals surface area contributed by atoms with Gasteiger partial charge in [0.2, 0.25) is 0 Å². The van der Waals surface area contributed by atoms with E-state index in [1.807, 2.05) is 6.20 Å². The van der Waals surface area contributed by atoms with Crippen LogP contribution in [0, 0.1) is 0 Å². The molecule has 1 saturated heterocycles. The summed E-state index contributed by atoms with van der Waals surface area (Å²) in [5.74, 6) is 0. The monoisotopic (exact) mass is 262 g/mol. The lowest BCUT2D eigenvalue weighted by atomic mass is 10.0. The van der Waals surface area contributed by atoms with Gasteiger partial charge >= 0.3 is 0 Å². The first kappa shape index (κ1) is 14.4. The minimum atomic E-state index is 0.285. The zero-order valence-electron chi connectivity index (χ0n) is 12.2. The first-order valence-electron chi connectivity index (χ1n) is 7.50. The molecule has 2 unspecified atom stereocenters. The van der Waals surface area contributed by atoms with Crippen LogP contribution in [0.25, 0.3) is 0 Å². The molecule has 2 rings (SSSR count).